The quantitative estimate of drug-likeness (QED) is 0.249. The zero-order chi connectivity index (χ0) is 20.2. The standard InChI is InChI=1S/C16H22N4O6S/c1-9-3-5-11(6-4-9)27(25,26)20-19-10(2)16-17-7-12(18-16)14(23)15(24)13(22)8-21/h3-7,13-15,20-24H,8H2,1-2H3,(H,17,18)/b19-10+/t13-,14-,15+/m1/s1. The third-order valence-electron chi connectivity index (χ3n) is 3.83. The van der Waals surface area contributed by atoms with E-state index in [-0.39, 0.29) is 22.1 Å². The number of aryl methyl sites for hydroxylation is 1. The van der Waals surface area contributed by atoms with Gasteiger partial charge in [0.2, 0.25) is 0 Å². The Bertz CT molecular complexity index is 894. The second kappa shape index (κ2) is 8.59. The normalized spacial score (nSPS) is 16.0. The highest BCUT2D eigenvalue weighted by atomic mass is 32.2. The fraction of sp³-hybridized carbons (Fsp3) is 0.375. The van der Waals surface area contributed by atoms with Gasteiger partial charge in [-0.1, -0.05) is 17.7 Å². The Morgan fingerprint density at radius 2 is 1.89 bits per heavy atom. The van der Waals surface area contributed by atoms with Gasteiger partial charge in [0.25, 0.3) is 10.0 Å². The molecule has 0 amide bonds. The van der Waals surface area contributed by atoms with Crippen LogP contribution in [-0.4, -0.2) is 63.3 Å². The van der Waals surface area contributed by atoms with Crippen molar-refractivity contribution in [3.05, 3.63) is 47.5 Å². The summed E-state index contributed by atoms with van der Waals surface area (Å²) < 4.78 is 24.4. The maximum Gasteiger partial charge on any atom is 0.276 e. The van der Waals surface area contributed by atoms with E-state index >= 15 is 0 Å². The molecular formula is C16H22N4O6S. The molecule has 27 heavy (non-hydrogen) atoms. The fourth-order valence-corrected chi connectivity index (χ4v) is 2.98. The molecule has 0 aliphatic carbocycles. The van der Waals surface area contributed by atoms with E-state index in [0.717, 1.165) is 5.56 Å². The molecule has 0 fully saturated rings. The molecule has 1 heterocycles. The molecular weight excluding hydrogens is 376 g/mol. The molecule has 0 spiro atoms. The SMILES string of the molecule is C/C(=N\NS(=O)(=O)c1ccc(C)cc1)c1ncc([C@@H](O)[C@@H](O)[C@H](O)CO)[nH]1. The number of benzene rings is 1. The van der Waals surface area contributed by atoms with Crippen LogP contribution in [-0.2, 0) is 10.0 Å². The number of aromatic nitrogens is 2. The van der Waals surface area contributed by atoms with Crippen molar-refractivity contribution in [2.24, 2.45) is 5.10 Å². The van der Waals surface area contributed by atoms with Gasteiger partial charge in [-0.2, -0.15) is 18.4 Å². The molecule has 0 aliphatic rings. The van der Waals surface area contributed by atoms with Gasteiger partial charge >= 0.3 is 0 Å². The summed E-state index contributed by atoms with van der Waals surface area (Å²) in [4.78, 5) is 8.78. The van der Waals surface area contributed by atoms with E-state index in [2.05, 4.69) is 19.9 Å². The van der Waals surface area contributed by atoms with Gasteiger partial charge in [-0.15, -0.1) is 0 Å². The summed E-state index contributed by atoms with van der Waals surface area (Å²) in [6.07, 6.45) is -3.46. The lowest BCUT2D eigenvalue weighted by Gasteiger charge is -2.20. The topological polar surface area (TPSA) is 168 Å². The van der Waals surface area contributed by atoms with Gasteiger partial charge in [-0.25, -0.2) is 4.98 Å². The molecule has 2 rings (SSSR count). The van der Waals surface area contributed by atoms with Crippen molar-refractivity contribution >= 4 is 15.7 Å². The number of aromatic amines is 1. The van der Waals surface area contributed by atoms with Crippen LogP contribution in [0.25, 0.3) is 0 Å². The summed E-state index contributed by atoms with van der Waals surface area (Å²) in [5.41, 5.74) is 1.17. The second-order valence-corrected chi connectivity index (χ2v) is 7.64. The Labute approximate surface area is 156 Å². The van der Waals surface area contributed by atoms with Gasteiger partial charge in [-0.05, 0) is 26.0 Å². The lowest BCUT2D eigenvalue weighted by Crippen LogP contribution is -2.34. The Kier molecular flexibility index (Phi) is 6.68. The molecule has 3 atom stereocenters. The predicted molar refractivity (Wildman–Crippen MR) is 96.4 cm³/mol. The maximum absolute atomic E-state index is 12.2. The molecule has 6 N–H and O–H groups in total. The molecule has 0 aliphatic heterocycles. The third-order valence-corrected chi connectivity index (χ3v) is 5.05. The highest BCUT2D eigenvalue weighted by Gasteiger charge is 2.27. The van der Waals surface area contributed by atoms with E-state index < -0.39 is 34.9 Å². The first-order chi connectivity index (χ1) is 12.7. The highest BCUT2D eigenvalue weighted by molar-refractivity contribution is 7.89. The predicted octanol–water partition coefficient (Wildman–Crippen LogP) is -0.832. The molecule has 0 unspecified atom stereocenters. The molecule has 0 saturated carbocycles. The smallest absolute Gasteiger partial charge is 0.276 e. The van der Waals surface area contributed by atoms with Crippen molar-refractivity contribution in [2.45, 2.75) is 37.1 Å². The van der Waals surface area contributed by atoms with Crippen LogP contribution in [0.2, 0.25) is 0 Å². The monoisotopic (exact) mass is 398 g/mol. The zero-order valence-corrected chi connectivity index (χ0v) is 15.6. The van der Waals surface area contributed by atoms with Crippen molar-refractivity contribution in [3.63, 3.8) is 0 Å². The molecule has 2 aromatic rings. The molecule has 11 heteroatoms. The molecule has 148 valence electrons. The van der Waals surface area contributed by atoms with Crippen LogP contribution < -0.4 is 4.83 Å². The van der Waals surface area contributed by atoms with Crippen molar-refractivity contribution in [2.75, 3.05) is 6.61 Å². The Balaban J connectivity index is 2.12. The van der Waals surface area contributed by atoms with Crippen LogP contribution in [0, 0.1) is 6.92 Å². The Morgan fingerprint density at radius 3 is 2.48 bits per heavy atom. The summed E-state index contributed by atoms with van der Waals surface area (Å²) in [5.74, 6) is 0.154. The number of sulfonamides is 1. The molecule has 0 radical (unpaired) electrons. The Hall–Kier alpha value is -2.31. The van der Waals surface area contributed by atoms with E-state index in [9.17, 15) is 23.7 Å². The van der Waals surface area contributed by atoms with Crippen molar-refractivity contribution in [1.82, 2.24) is 14.8 Å². The fourth-order valence-electron chi connectivity index (χ4n) is 2.12. The first-order valence-corrected chi connectivity index (χ1v) is 9.47. The van der Waals surface area contributed by atoms with E-state index in [4.69, 9.17) is 5.11 Å². The lowest BCUT2D eigenvalue weighted by atomic mass is 10.1. The minimum absolute atomic E-state index is 0.0568. The second-order valence-electron chi connectivity index (χ2n) is 5.98. The first kappa shape index (κ1) is 21.0. The number of nitrogens with one attached hydrogen (secondary N) is 2. The minimum Gasteiger partial charge on any atom is -0.394 e. The number of hydrogen-bond acceptors (Lipinski definition) is 8. The molecule has 1 aromatic heterocycles. The number of hydrogen-bond donors (Lipinski definition) is 6. The van der Waals surface area contributed by atoms with Gasteiger partial charge in [0.05, 0.1) is 23.4 Å². The zero-order valence-electron chi connectivity index (χ0n) is 14.7. The summed E-state index contributed by atoms with van der Waals surface area (Å²) in [6, 6.07) is 6.24. The number of aliphatic hydroxyl groups is 4. The summed E-state index contributed by atoms with van der Waals surface area (Å²) in [7, 11) is -3.85. The van der Waals surface area contributed by atoms with Crippen LogP contribution in [0.4, 0.5) is 0 Å². The first-order valence-electron chi connectivity index (χ1n) is 7.99. The summed E-state index contributed by atoms with van der Waals surface area (Å²) in [6.45, 7) is 2.61. The van der Waals surface area contributed by atoms with Gasteiger partial charge in [-0.3, -0.25) is 0 Å². The number of aliphatic hydroxyl groups excluding tert-OH is 4. The maximum atomic E-state index is 12.2. The third kappa shape index (κ3) is 5.11. The van der Waals surface area contributed by atoms with Crippen molar-refractivity contribution in [1.29, 1.82) is 0 Å². The van der Waals surface area contributed by atoms with E-state index in [0.29, 0.717) is 0 Å². The molecule has 0 bridgehead atoms. The number of hydrazone groups is 1. The average molecular weight is 398 g/mol. The number of rotatable bonds is 8. The summed E-state index contributed by atoms with van der Waals surface area (Å²) >= 11 is 0. The molecule has 10 nitrogen and oxygen atoms in total. The van der Waals surface area contributed by atoms with Gasteiger partial charge in [0, 0.05) is 0 Å². The van der Waals surface area contributed by atoms with Gasteiger partial charge in [0.1, 0.15) is 24.0 Å². The van der Waals surface area contributed by atoms with Gasteiger partial charge < -0.3 is 25.4 Å². The van der Waals surface area contributed by atoms with Crippen LogP contribution >= 0.6 is 0 Å². The van der Waals surface area contributed by atoms with Crippen molar-refractivity contribution in [3.8, 4) is 0 Å². The molecule has 0 saturated heterocycles. The lowest BCUT2D eigenvalue weighted by molar-refractivity contribution is -0.0788. The van der Waals surface area contributed by atoms with E-state index in [1.54, 1.807) is 12.1 Å². The summed E-state index contributed by atoms with van der Waals surface area (Å²) in [5, 5.41) is 41.7. The number of imidazole rings is 1. The van der Waals surface area contributed by atoms with Crippen LogP contribution in [0.3, 0.4) is 0 Å². The molecule has 1 aromatic carbocycles. The van der Waals surface area contributed by atoms with E-state index in [1.807, 2.05) is 6.92 Å². The highest BCUT2D eigenvalue weighted by Crippen LogP contribution is 2.17. The largest absolute Gasteiger partial charge is 0.394 e. The van der Waals surface area contributed by atoms with Crippen LogP contribution in [0.5, 0.6) is 0 Å². The van der Waals surface area contributed by atoms with Crippen LogP contribution in [0.15, 0.2) is 40.5 Å². The number of nitrogens with zero attached hydrogens (tertiary/aromatic N) is 2. The number of H-pyrrole nitrogens is 1. The van der Waals surface area contributed by atoms with Gasteiger partial charge in [0.15, 0.2) is 5.82 Å². The average Bonchev–Trinajstić information content (AvgIpc) is 3.15. The minimum atomic E-state index is -3.85. The van der Waals surface area contributed by atoms with Crippen molar-refractivity contribution < 1.29 is 28.8 Å². The Morgan fingerprint density at radius 1 is 1.26 bits per heavy atom. The van der Waals surface area contributed by atoms with Crippen LogP contribution in [0.1, 0.15) is 30.1 Å². The van der Waals surface area contributed by atoms with E-state index in [1.165, 1.54) is 25.3 Å².